The van der Waals surface area contributed by atoms with E-state index in [-0.39, 0.29) is 5.02 Å². The molecule has 2 aromatic heterocycles. The SMILES string of the molecule is COc1cc(N2CCN(c3cnn(CC(F)F)c(=O)c3Cl)CC2)ncn1. The van der Waals surface area contributed by atoms with E-state index in [1.54, 1.807) is 6.07 Å². The normalized spacial score (nSPS) is 14.8. The molecule has 1 fully saturated rings. The van der Waals surface area contributed by atoms with Crippen LogP contribution >= 0.6 is 11.6 Å². The molecule has 3 rings (SSSR count). The van der Waals surface area contributed by atoms with Gasteiger partial charge in [-0.3, -0.25) is 4.79 Å². The molecule has 0 saturated carbocycles. The predicted octanol–water partition coefficient (Wildman–Crippen LogP) is 1.29. The average Bonchev–Trinajstić information content (AvgIpc) is 2.65. The fourth-order valence-corrected chi connectivity index (χ4v) is 2.99. The van der Waals surface area contributed by atoms with Crippen molar-refractivity contribution >= 4 is 23.1 Å². The number of rotatable bonds is 5. The Hall–Kier alpha value is -2.49. The standard InChI is InChI=1S/C15H17ClF2N6O2/c1-26-13-6-12(19-9-20-13)23-4-2-22(3-5-23)10-7-21-24(8-11(17)18)15(25)14(10)16/h6-7,9,11H,2-5,8H2,1H3. The van der Waals surface area contributed by atoms with Gasteiger partial charge < -0.3 is 14.5 Å². The molecule has 26 heavy (non-hydrogen) atoms. The van der Waals surface area contributed by atoms with Crippen molar-refractivity contribution < 1.29 is 13.5 Å². The van der Waals surface area contributed by atoms with E-state index in [0.29, 0.717) is 42.4 Å². The van der Waals surface area contributed by atoms with Crippen molar-refractivity contribution in [2.45, 2.75) is 13.0 Å². The minimum atomic E-state index is -2.67. The van der Waals surface area contributed by atoms with Gasteiger partial charge in [0.15, 0.2) is 0 Å². The summed E-state index contributed by atoms with van der Waals surface area (Å²) >= 11 is 6.10. The molecule has 0 atom stereocenters. The smallest absolute Gasteiger partial charge is 0.287 e. The van der Waals surface area contributed by atoms with Gasteiger partial charge in [0.2, 0.25) is 5.88 Å². The fraction of sp³-hybridized carbons (Fsp3) is 0.467. The predicted molar refractivity (Wildman–Crippen MR) is 92.5 cm³/mol. The molecule has 1 aliphatic rings. The summed E-state index contributed by atoms with van der Waals surface area (Å²) in [7, 11) is 1.54. The number of hydrogen-bond donors (Lipinski definition) is 0. The molecule has 0 amide bonds. The molecule has 2 aromatic rings. The van der Waals surface area contributed by atoms with Crippen LogP contribution < -0.4 is 20.1 Å². The number of nitrogens with zero attached hydrogens (tertiary/aromatic N) is 6. The Morgan fingerprint density at radius 2 is 1.92 bits per heavy atom. The van der Waals surface area contributed by atoms with Gasteiger partial charge in [0, 0.05) is 32.2 Å². The van der Waals surface area contributed by atoms with Crippen LogP contribution in [0.1, 0.15) is 0 Å². The Labute approximate surface area is 153 Å². The molecule has 140 valence electrons. The first-order chi connectivity index (χ1) is 12.5. The molecule has 0 bridgehead atoms. The van der Waals surface area contributed by atoms with Gasteiger partial charge in [0.25, 0.3) is 12.0 Å². The zero-order valence-corrected chi connectivity index (χ0v) is 14.7. The second-order valence-corrected chi connectivity index (χ2v) is 5.99. The zero-order chi connectivity index (χ0) is 18.7. The molecule has 0 radical (unpaired) electrons. The quantitative estimate of drug-likeness (QED) is 0.766. The van der Waals surface area contributed by atoms with Crippen molar-refractivity contribution in [3.05, 3.63) is 34.0 Å². The maximum Gasteiger partial charge on any atom is 0.287 e. The van der Waals surface area contributed by atoms with Crippen molar-refractivity contribution in [1.82, 2.24) is 19.7 Å². The molecule has 1 saturated heterocycles. The largest absolute Gasteiger partial charge is 0.481 e. The molecule has 0 aromatic carbocycles. The van der Waals surface area contributed by atoms with E-state index in [1.807, 2.05) is 4.90 Å². The van der Waals surface area contributed by atoms with Crippen molar-refractivity contribution in [3.63, 3.8) is 0 Å². The highest BCUT2D eigenvalue weighted by Gasteiger charge is 2.23. The molecule has 0 spiro atoms. The second kappa shape index (κ2) is 7.81. The van der Waals surface area contributed by atoms with E-state index in [9.17, 15) is 13.6 Å². The monoisotopic (exact) mass is 386 g/mol. The third kappa shape index (κ3) is 3.85. The number of hydrogen-bond acceptors (Lipinski definition) is 7. The molecular formula is C15H17ClF2N6O2. The van der Waals surface area contributed by atoms with E-state index >= 15 is 0 Å². The van der Waals surface area contributed by atoms with Gasteiger partial charge in [0.05, 0.1) is 19.0 Å². The van der Waals surface area contributed by atoms with Crippen LogP contribution in [-0.4, -0.2) is 59.5 Å². The lowest BCUT2D eigenvalue weighted by Crippen LogP contribution is -2.47. The number of ether oxygens (including phenoxy) is 1. The maximum absolute atomic E-state index is 12.5. The van der Waals surface area contributed by atoms with Crippen LogP contribution in [0.2, 0.25) is 5.02 Å². The highest BCUT2D eigenvalue weighted by molar-refractivity contribution is 6.33. The fourth-order valence-electron chi connectivity index (χ4n) is 2.73. The van der Waals surface area contributed by atoms with Crippen molar-refractivity contribution in [2.24, 2.45) is 0 Å². The number of halogens is 3. The van der Waals surface area contributed by atoms with Crippen LogP contribution in [0.5, 0.6) is 5.88 Å². The Balaban J connectivity index is 1.72. The summed E-state index contributed by atoms with van der Waals surface area (Å²) in [4.78, 5) is 24.3. The van der Waals surface area contributed by atoms with Gasteiger partial charge in [-0.1, -0.05) is 11.6 Å². The van der Waals surface area contributed by atoms with Gasteiger partial charge in [-0.25, -0.2) is 23.4 Å². The van der Waals surface area contributed by atoms with Gasteiger partial charge in [-0.05, 0) is 0 Å². The number of methoxy groups -OCH3 is 1. The Kier molecular flexibility index (Phi) is 5.50. The third-order valence-electron chi connectivity index (χ3n) is 4.06. The lowest BCUT2D eigenvalue weighted by atomic mass is 10.2. The Bertz CT molecular complexity index is 826. The highest BCUT2D eigenvalue weighted by atomic mass is 35.5. The third-order valence-corrected chi connectivity index (χ3v) is 4.41. The van der Waals surface area contributed by atoms with E-state index < -0.39 is 18.5 Å². The highest BCUT2D eigenvalue weighted by Crippen LogP contribution is 2.24. The lowest BCUT2D eigenvalue weighted by molar-refractivity contribution is 0.119. The first-order valence-electron chi connectivity index (χ1n) is 7.89. The molecular weight excluding hydrogens is 370 g/mol. The molecule has 1 aliphatic heterocycles. The summed E-state index contributed by atoms with van der Waals surface area (Å²) in [6.07, 6.45) is 0.120. The first kappa shape index (κ1) is 18.3. The number of aromatic nitrogens is 4. The van der Waals surface area contributed by atoms with Crippen LogP contribution in [0, 0.1) is 0 Å². The molecule has 0 unspecified atom stereocenters. The zero-order valence-electron chi connectivity index (χ0n) is 14.0. The van der Waals surface area contributed by atoms with Crippen LogP contribution in [0.25, 0.3) is 0 Å². The summed E-state index contributed by atoms with van der Waals surface area (Å²) < 4.78 is 30.7. The van der Waals surface area contributed by atoms with Crippen molar-refractivity contribution in [1.29, 1.82) is 0 Å². The molecule has 0 N–H and O–H groups in total. The maximum atomic E-state index is 12.5. The number of piperazine rings is 1. The first-order valence-corrected chi connectivity index (χ1v) is 8.27. The van der Waals surface area contributed by atoms with Gasteiger partial charge in [-0.15, -0.1) is 0 Å². The number of anilines is 2. The summed E-state index contributed by atoms with van der Waals surface area (Å²) in [6, 6.07) is 1.75. The molecule has 3 heterocycles. The minimum absolute atomic E-state index is 0.0993. The van der Waals surface area contributed by atoms with Gasteiger partial charge >= 0.3 is 0 Å². The minimum Gasteiger partial charge on any atom is -0.481 e. The average molecular weight is 387 g/mol. The topological polar surface area (TPSA) is 76.4 Å². The second-order valence-electron chi connectivity index (χ2n) is 5.61. The van der Waals surface area contributed by atoms with Crippen LogP contribution in [0.3, 0.4) is 0 Å². The van der Waals surface area contributed by atoms with Gasteiger partial charge in [0.1, 0.15) is 23.7 Å². The van der Waals surface area contributed by atoms with E-state index in [1.165, 1.54) is 19.6 Å². The van der Waals surface area contributed by atoms with E-state index in [2.05, 4.69) is 20.0 Å². The summed E-state index contributed by atoms with van der Waals surface area (Å²) in [5.41, 5.74) is -0.269. The van der Waals surface area contributed by atoms with Crippen LogP contribution in [0.15, 0.2) is 23.4 Å². The van der Waals surface area contributed by atoms with Crippen molar-refractivity contribution in [2.75, 3.05) is 43.1 Å². The van der Waals surface area contributed by atoms with E-state index in [0.717, 1.165) is 5.82 Å². The Morgan fingerprint density at radius 1 is 1.23 bits per heavy atom. The molecule has 0 aliphatic carbocycles. The van der Waals surface area contributed by atoms with Crippen LogP contribution in [-0.2, 0) is 6.54 Å². The van der Waals surface area contributed by atoms with Crippen molar-refractivity contribution in [3.8, 4) is 5.88 Å². The summed E-state index contributed by atoms with van der Waals surface area (Å²) in [5.74, 6) is 1.22. The van der Waals surface area contributed by atoms with Crippen LogP contribution in [0.4, 0.5) is 20.3 Å². The summed E-state index contributed by atoms with van der Waals surface area (Å²) in [5, 5.41) is 3.70. The lowest BCUT2D eigenvalue weighted by Gasteiger charge is -2.36. The van der Waals surface area contributed by atoms with Gasteiger partial charge in [-0.2, -0.15) is 5.10 Å². The molecule has 8 nitrogen and oxygen atoms in total. The molecule has 11 heteroatoms. The number of alkyl halides is 2. The Morgan fingerprint density at radius 3 is 2.58 bits per heavy atom. The summed E-state index contributed by atoms with van der Waals surface area (Å²) in [6.45, 7) is 1.65. The van der Waals surface area contributed by atoms with E-state index in [4.69, 9.17) is 16.3 Å².